The largest absolute Gasteiger partial charge is 0.287 e. The summed E-state index contributed by atoms with van der Waals surface area (Å²) < 4.78 is 7.10. The first-order valence-corrected chi connectivity index (χ1v) is 16.9. The van der Waals surface area contributed by atoms with Crippen LogP contribution in [-0.2, 0) is 18.5 Å². The van der Waals surface area contributed by atoms with Crippen LogP contribution < -0.4 is 5.43 Å². The maximum absolute atomic E-state index is 14.5. The SMILES string of the molecule is O=C1c2cc([N+](=O)[O-])ccc2-c2c(N=P(Cc3ccccc3)(Cc3ccccc3)Cc3ccccc3)c(=O)c3ccccc3n21. The molecule has 0 aliphatic carbocycles. The number of para-hydroxylation sites is 1. The van der Waals surface area contributed by atoms with Crippen LogP contribution in [0.3, 0.4) is 0 Å². The van der Waals surface area contributed by atoms with Gasteiger partial charge in [-0.2, -0.15) is 0 Å². The van der Waals surface area contributed by atoms with Crippen molar-refractivity contribution in [1.82, 2.24) is 4.57 Å². The zero-order valence-electron chi connectivity index (χ0n) is 24.2. The summed E-state index contributed by atoms with van der Waals surface area (Å²) >= 11 is 0. The second kappa shape index (κ2) is 11.6. The molecule has 0 spiro atoms. The molecular weight excluding hydrogens is 581 g/mol. The second-order valence-corrected chi connectivity index (χ2v) is 14.6. The minimum absolute atomic E-state index is 0.181. The molecule has 5 aromatic carbocycles. The molecule has 1 aliphatic rings. The maximum atomic E-state index is 14.5. The van der Waals surface area contributed by atoms with E-state index >= 15 is 0 Å². The second-order valence-electron chi connectivity index (χ2n) is 11.3. The van der Waals surface area contributed by atoms with Gasteiger partial charge in [0.15, 0.2) is 0 Å². The van der Waals surface area contributed by atoms with E-state index in [1.807, 2.05) is 54.6 Å². The first-order valence-electron chi connectivity index (χ1n) is 14.6. The molecule has 7 nitrogen and oxygen atoms in total. The van der Waals surface area contributed by atoms with Crippen molar-refractivity contribution >= 4 is 35.2 Å². The fourth-order valence-corrected chi connectivity index (χ4v) is 10.1. The molecule has 8 heteroatoms. The van der Waals surface area contributed by atoms with Gasteiger partial charge in [-0.05, 0) is 41.9 Å². The molecule has 45 heavy (non-hydrogen) atoms. The first kappa shape index (κ1) is 28.4. The Kier molecular flexibility index (Phi) is 7.32. The van der Waals surface area contributed by atoms with Crippen molar-refractivity contribution in [3.05, 3.63) is 176 Å². The monoisotopic (exact) mass is 609 g/mol. The van der Waals surface area contributed by atoms with Crippen molar-refractivity contribution in [1.29, 1.82) is 0 Å². The lowest BCUT2D eigenvalue weighted by molar-refractivity contribution is -0.384. The number of pyridine rings is 1. The third-order valence-electron chi connectivity index (χ3n) is 8.23. The molecule has 0 atom stereocenters. The van der Waals surface area contributed by atoms with Crippen LogP contribution in [0.25, 0.3) is 22.2 Å². The van der Waals surface area contributed by atoms with E-state index in [9.17, 15) is 19.7 Å². The topological polar surface area (TPSA) is 94.6 Å². The van der Waals surface area contributed by atoms with Crippen LogP contribution in [0, 0.1) is 10.1 Å². The Morgan fingerprint density at radius 1 is 0.644 bits per heavy atom. The highest BCUT2D eigenvalue weighted by Crippen LogP contribution is 2.61. The number of carbonyl (C=O) groups excluding carboxylic acids is 1. The smallest absolute Gasteiger partial charge is 0.270 e. The number of hydrogen-bond acceptors (Lipinski definition) is 5. The molecule has 0 saturated heterocycles. The third-order valence-corrected chi connectivity index (χ3v) is 11.7. The van der Waals surface area contributed by atoms with Gasteiger partial charge in [0.2, 0.25) is 5.43 Å². The van der Waals surface area contributed by atoms with Crippen LogP contribution in [0.5, 0.6) is 0 Å². The van der Waals surface area contributed by atoms with Crippen molar-refractivity contribution in [3.63, 3.8) is 0 Å². The van der Waals surface area contributed by atoms with E-state index in [1.165, 1.54) is 16.7 Å². The van der Waals surface area contributed by atoms with E-state index in [0.717, 1.165) is 16.7 Å². The lowest BCUT2D eigenvalue weighted by Gasteiger charge is -2.27. The summed E-state index contributed by atoms with van der Waals surface area (Å²) in [7, 11) is -2.49. The van der Waals surface area contributed by atoms with Crippen molar-refractivity contribution in [2.45, 2.75) is 18.5 Å². The van der Waals surface area contributed by atoms with Gasteiger partial charge < -0.3 is 0 Å². The number of benzene rings is 5. The molecule has 2 heterocycles. The molecule has 1 aromatic heterocycles. The van der Waals surface area contributed by atoms with Gasteiger partial charge in [0.25, 0.3) is 11.6 Å². The summed E-state index contributed by atoms with van der Waals surface area (Å²) in [4.78, 5) is 39.6. The van der Waals surface area contributed by atoms with Gasteiger partial charge in [-0.3, -0.25) is 29.0 Å². The van der Waals surface area contributed by atoms with Crippen LogP contribution in [0.4, 0.5) is 11.4 Å². The molecular formula is C37H28N3O4P. The van der Waals surface area contributed by atoms with E-state index in [0.29, 0.717) is 40.6 Å². The zero-order chi connectivity index (χ0) is 31.0. The molecule has 0 fully saturated rings. The molecule has 0 unspecified atom stereocenters. The molecule has 0 amide bonds. The van der Waals surface area contributed by atoms with E-state index in [-0.39, 0.29) is 22.4 Å². The fourth-order valence-electron chi connectivity index (χ4n) is 6.28. The minimum Gasteiger partial charge on any atom is -0.287 e. The van der Waals surface area contributed by atoms with Gasteiger partial charge in [0, 0.05) is 41.6 Å². The number of carbonyl (C=O) groups is 1. The molecule has 0 radical (unpaired) electrons. The molecule has 0 N–H and O–H groups in total. The van der Waals surface area contributed by atoms with E-state index in [1.54, 1.807) is 30.3 Å². The Hall–Kier alpha value is -5.39. The van der Waals surface area contributed by atoms with Gasteiger partial charge >= 0.3 is 0 Å². The predicted octanol–water partition coefficient (Wildman–Crippen LogP) is 9.01. The average molecular weight is 610 g/mol. The molecule has 7 rings (SSSR count). The number of aromatic nitrogens is 1. The van der Waals surface area contributed by atoms with Crippen molar-refractivity contribution in [3.8, 4) is 11.3 Å². The van der Waals surface area contributed by atoms with Crippen LogP contribution in [0.2, 0.25) is 0 Å². The number of non-ortho nitro benzene ring substituents is 1. The summed E-state index contributed by atoms with van der Waals surface area (Å²) in [6.07, 6.45) is 1.93. The number of rotatable bonds is 8. The highest BCUT2D eigenvalue weighted by molar-refractivity contribution is 7.64. The first-order chi connectivity index (χ1) is 21.9. The molecule has 220 valence electrons. The van der Waals surface area contributed by atoms with Crippen LogP contribution in [-0.4, -0.2) is 15.4 Å². The van der Waals surface area contributed by atoms with E-state index in [2.05, 4.69) is 36.4 Å². The number of hydrogen-bond donors (Lipinski definition) is 0. The lowest BCUT2D eigenvalue weighted by atomic mass is 10.0. The number of fused-ring (bicyclic) bond motifs is 5. The Labute approximate surface area is 259 Å². The van der Waals surface area contributed by atoms with Crippen LogP contribution in [0.1, 0.15) is 27.0 Å². The summed E-state index contributed by atoms with van der Waals surface area (Å²) in [5, 5.41) is 12.0. The van der Waals surface area contributed by atoms with Crippen molar-refractivity contribution < 1.29 is 9.72 Å². The van der Waals surface area contributed by atoms with Crippen molar-refractivity contribution in [2.75, 3.05) is 0 Å². The van der Waals surface area contributed by atoms with Crippen molar-refractivity contribution in [2.24, 2.45) is 4.74 Å². The Morgan fingerprint density at radius 2 is 1.16 bits per heavy atom. The van der Waals surface area contributed by atoms with Gasteiger partial charge in [-0.1, -0.05) is 103 Å². The molecule has 0 saturated carbocycles. The van der Waals surface area contributed by atoms with Gasteiger partial charge in [0.05, 0.1) is 21.7 Å². The third kappa shape index (κ3) is 5.32. The number of nitrogens with zero attached hydrogens (tertiary/aromatic N) is 3. The van der Waals surface area contributed by atoms with Crippen LogP contribution >= 0.6 is 7.05 Å². The summed E-state index contributed by atoms with van der Waals surface area (Å²) in [6, 6.07) is 41.9. The minimum atomic E-state index is -2.49. The van der Waals surface area contributed by atoms with E-state index in [4.69, 9.17) is 4.74 Å². The maximum Gasteiger partial charge on any atom is 0.270 e. The summed E-state index contributed by atoms with van der Waals surface area (Å²) in [5.41, 5.74) is 4.66. The zero-order valence-corrected chi connectivity index (χ0v) is 25.1. The van der Waals surface area contributed by atoms with Gasteiger partial charge in [-0.25, -0.2) is 0 Å². The summed E-state index contributed by atoms with van der Waals surface area (Å²) in [6.45, 7) is 0. The fraction of sp³-hybridized carbons (Fsp3) is 0.0811. The Morgan fingerprint density at radius 3 is 1.69 bits per heavy atom. The predicted molar refractivity (Wildman–Crippen MR) is 179 cm³/mol. The van der Waals surface area contributed by atoms with Crippen LogP contribution in [0.15, 0.2) is 143 Å². The molecule has 6 aromatic rings. The Bertz CT molecular complexity index is 2100. The summed E-state index contributed by atoms with van der Waals surface area (Å²) in [5.74, 6) is -0.408. The highest BCUT2D eigenvalue weighted by Gasteiger charge is 2.34. The quantitative estimate of drug-likeness (QED) is 0.0976. The number of nitro groups is 1. The standard InChI is InChI=1S/C37H28N3O4P/c41-36-31-18-10-11-19-33(31)39-35(30-21-20-29(40(43)44)22-32(30)37(39)42)34(36)38-45(23-26-12-4-1-5-13-26,24-27-14-6-2-7-15-27)25-28-16-8-3-9-17-28/h1-22H,23-25H2. The van der Waals surface area contributed by atoms with E-state index < -0.39 is 17.9 Å². The average Bonchev–Trinajstić information content (AvgIpc) is 3.36. The Balaban J connectivity index is 1.58. The number of nitro benzene ring substituents is 1. The normalized spacial score (nSPS) is 12.1. The van der Waals surface area contributed by atoms with Gasteiger partial charge in [-0.15, -0.1) is 0 Å². The molecule has 1 aliphatic heterocycles. The lowest BCUT2D eigenvalue weighted by Crippen LogP contribution is -2.14. The van der Waals surface area contributed by atoms with Gasteiger partial charge in [0.1, 0.15) is 5.69 Å². The molecule has 0 bridgehead atoms. The highest BCUT2D eigenvalue weighted by atomic mass is 31.2.